The molecule has 0 N–H and O–H groups in total. The summed E-state index contributed by atoms with van der Waals surface area (Å²) in [5.41, 5.74) is 4.27. The first-order valence-electron chi connectivity index (χ1n) is 15.9. The molecular formula is C35H37F3N4O5S. The van der Waals surface area contributed by atoms with Gasteiger partial charge in [-0.1, -0.05) is 54.6 Å². The number of para-hydroxylation sites is 1. The van der Waals surface area contributed by atoms with E-state index in [9.17, 15) is 31.2 Å². The quantitative estimate of drug-likeness (QED) is 0.263. The number of likely N-dealkylation sites (tertiary alicyclic amines) is 1. The SMILES string of the molecule is Cc1cccc(C)c1C1CCN(Cc2c(C(=O)N3CCN(S(=O)(=O)c4ccccc4)CC3)n(OC(=O)C(F)(F)F)c3ccccc23)CC1. The third-order valence-electron chi connectivity index (χ3n) is 9.37. The molecule has 2 aliphatic heterocycles. The second-order valence-corrected chi connectivity index (χ2v) is 14.3. The second-order valence-electron chi connectivity index (χ2n) is 12.4. The van der Waals surface area contributed by atoms with Gasteiger partial charge < -0.3 is 9.74 Å². The van der Waals surface area contributed by atoms with Crippen LogP contribution in [0.3, 0.4) is 0 Å². The molecule has 6 rings (SSSR count). The molecule has 2 fully saturated rings. The largest absolute Gasteiger partial charge is 0.493 e. The van der Waals surface area contributed by atoms with Gasteiger partial charge >= 0.3 is 12.1 Å². The van der Waals surface area contributed by atoms with E-state index >= 15 is 0 Å². The number of carbonyl (C=O) groups is 2. The highest BCUT2D eigenvalue weighted by Gasteiger charge is 2.43. The van der Waals surface area contributed by atoms with Crippen molar-refractivity contribution in [2.24, 2.45) is 0 Å². The summed E-state index contributed by atoms with van der Waals surface area (Å²) in [6.45, 7) is 5.86. The topological polar surface area (TPSA) is 92.2 Å². The number of aryl methyl sites for hydroxylation is 2. The Bertz CT molecular complexity index is 1910. The first kappa shape index (κ1) is 33.7. The Morgan fingerprint density at radius 1 is 0.812 bits per heavy atom. The van der Waals surface area contributed by atoms with Crippen LogP contribution in [0.25, 0.3) is 10.9 Å². The molecule has 254 valence electrons. The minimum absolute atomic E-state index is 0.000250. The molecule has 4 aromatic rings. The van der Waals surface area contributed by atoms with Gasteiger partial charge in [0.25, 0.3) is 5.91 Å². The van der Waals surface area contributed by atoms with Gasteiger partial charge in [0, 0.05) is 43.7 Å². The van der Waals surface area contributed by atoms with Crippen molar-refractivity contribution in [1.29, 1.82) is 0 Å². The molecule has 0 radical (unpaired) electrons. The number of rotatable bonds is 7. The maximum Gasteiger partial charge on any atom is 0.493 e. The number of amides is 1. The Morgan fingerprint density at radius 2 is 1.42 bits per heavy atom. The highest BCUT2D eigenvalue weighted by molar-refractivity contribution is 7.89. The molecule has 0 unspecified atom stereocenters. The van der Waals surface area contributed by atoms with E-state index in [2.05, 4.69) is 30.9 Å². The number of hydrogen-bond donors (Lipinski definition) is 0. The van der Waals surface area contributed by atoms with Crippen LogP contribution < -0.4 is 4.84 Å². The molecule has 0 saturated carbocycles. The summed E-state index contributed by atoms with van der Waals surface area (Å²) in [6, 6.07) is 20.8. The number of aromatic nitrogens is 1. The van der Waals surface area contributed by atoms with Crippen LogP contribution >= 0.6 is 0 Å². The first-order valence-corrected chi connectivity index (χ1v) is 17.3. The maximum atomic E-state index is 14.3. The Hall–Kier alpha value is -4.20. The van der Waals surface area contributed by atoms with Crippen molar-refractivity contribution in [3.8, 4) is 0 Å². The van der Waals surface area contributed by atoms with E-state index < -0.39 is 28.1 Å². The number of hydrogen-bond acceptors (Lipinski definition) is 6. The van der Waals surface area contributed by atoms with Crippen LogP contribution in [-0.2, 0) is 21.4 Å². The molecule has 3 heterocycles. The number of halogens is 3. The number of piperidine rings is 1. The number of nitrogens with zero attached hydrogens (tertiary/aromatic N) is 4. The number of sulfonamides is 1. The lowest BCUT2D eigenvalue weighted by Crippen LogP contribution is -2.51. The highest BCUT2D eigenvalue weighted by Crippen LogP contribution is 2.35. The average Bonchev–Trinajstić information content (AvgIpc) is 3.37. The summed E-state index contributed by atoms with van der Waals surface area (Å²) in [5, 5.41) is 0.498. The van der Waals surface area contributed by atoms with Crippen LogP contribution in [0.15, 0.2) is 77.7 Å². The van der Waals surface area contributed by atoms with Crippen molar-refractivity contribution in [1.82, 2.24) is 18.8 Å². The monoisotopic (exact) mass is 682 g/mol. The third kappa shape index (κ3) is 6.58. The summed E-state index contributed by atoms with van der Waals surface area (Å²) in [4.78, 5) is 35.1. The Balaban J connectivity index is 1.30. The zero-order chi connectivity index (χ0) is 34.2. The molecule has 0 atom stereocenters. The standard InChI is InChI=1S/C35H37F3N4O5S/c1-24-9-8-10-25(2)31(24)26-15-17-39(18-16-26)23-29-28-13-6-7-14-30(28)42(47-34(44)35(36,37)38)32(29)33(43)40-19-21-41(22-20-40)48(45,46)27-11-4-3-5-12-27/h3-14,26H,15-23H2,1-2H3. The van der Waals surface area contributed by atoms with E-state index in [1.807, 2.05) is 6.07 Å². The molecule has 2 aliphatic rings. The van der Waals surface area contributed by atoms with Gasteiger partial charge in [-0.3, -0.25) is 9.69 Å². The van der Waals surface area contributed by atoms with Gasteiger partial charge in [0.1, 0.15) is 0 Å². The second kappa shape index (κ2) is 13.4. The van der Waals surface area contributed by atoms with Gasteiger partial charge in [-0.25, -0.2) is 13.2 Å². The van der Waals surface area contributed by atoms with Crippen molar-refractivity contribution in [2.75, 3.05) is 39.3 Å². The van der Waals surface area contributed by atoms with Crippen LogP contribution in [0.4, 0.5) is 13.2 Å². The predicted octanol–water partition coefficient (Wildman–Crippen LogP) is 5.30. The molecule has 9 nitrogen and oxygen atoms in total. The van der Waals surface area contributed by atoms with Crippen molar-refractivity contribution < 1.29 is 36.0 Å². The predicted molar refractivity (Wildman–Crippen MR) is 174 cm³/mol. The van der Waals surface area contributed by atoms with E-state index in [4.69, 9.17) is 4.84 Å². The van der Waals surface area contributed by atoms with E-state index in [0.29, 0.717) is 34.7 Å². The molecule has 3 aromatic carbocycles. The van der Waals surface area contributed by atoms with Crippen molar-refractivity contribution in [3.05, 3.63) is 101 Å². The van der Waals surface area contributed by atoms with Gasteiger partial charge in [0.15, 0.2) is 5.69 Å². The fraction of sp³-hybridized carbons (Fsp3) is 0.371. The lowest BCUT2D eigenvalue weighted by molar-refractivity contribution is -0.199. The molecule has 1 aromatic heterocycles. The number of piperazine rings is 1. The summed E-state index contributed by atoms with van der Waals surface area (Å²) < 4.78 is 68.8. The van der Waals surface area contributed by atoms with Gasteiger partial charge in [-0.15, -0.1) is 0 Å². The van der Waals surface area contributed by atoms with Crippen molar-refractivity contribution >= 4 is 32.8 Å². The number of fused-ring (bicyclic) bond motifs is 1. The fourth-order valence-electron chi connectivity index (χ4n) is 6.98. The lowest BCUT2D eigenvalue weighted by Gasteiger charge is -2.35. The molecule has 0 bridgehead atoms. The van der Waals surface area contributed by atoms with E-state index in [-0.39, 0.29) is 48.8 Å². The van der Waals surface area contributed by atoms with Crippen molar-refractivity contribution in [2.45, 2.75) is 50.2 Å². The number of carbonyl (C=O) groups excluding carboxylic acids is 2. The number of alkyl halides is 3. The Kier molecular flexibility index (Phi) is 9.38. The van der Waals surface area contributed by atoms with Crippen LogP contribution in [0.1, 0.15) is 51.5 Å². The average molecular weight is 683 g/mol. The first-order chi connectivity index (χ1) is 22.9. The van der Waals surface area contributed by atoms with Crippen LogP contribution in [-0.4, -0.2) is 84.6 Å². The smallest absolute Gasteiger partial charge is 0.335 e. The fourth-order valence-corrected chi connectivity index (χ4v) is 8.42. The van der Waals surface area contributed by atoms with Crippen LogP contribution in [0.5, 0.6) is 0 Å². The lowest BCUT2D eigenvalue weighted by atomic mass is 9.84. The molecule has 0 aliphatic carbocycles. The highest BCUT2D eigenvalue weighted by atomic mass is 32.2. The molecular weight excluding hydrogens is 645 g/mol. The van der Waals surface area contributed by atoms with Crippen LogP contribution in [0.2, 0.25) is 0 Å². The van der Waals surface area contributed by atoms with E-state index in [1.54, 1.807) is 36.4 Å². The normalized spacial score (nSPS) is 17.1. The Labute approximate surface area is 277 Å². The third-order valence-corrected chi connectivity index (χ3v) is 11.3. The summed E-state index contributed by atoms with van der Waals surface area (Å²) >= 11 is 0. The summed E-state index contributed by atoms with van der Waals surface area (Å²) in [6.07, 6.45) is -3.55. The van der Waals surface area contributed by atoms with Crippen molar-refractivity contribution in [3.63, 3.8) is 0 Å². The van der Waals surface area contributed by atoms with Gasteiger partial charge in [-0.05, 0) is 80.6 Å². The molecule has 2 saturated heterocycles. The van der Waals surface area contributed by atoms with Gasteiger partial charge in [-0.2, -0.15) is 22.2 Å². The summed E-state index contributed by atoms with van der Waals surface area (Å²) in [7, 11) is -3.81. The van der Waals surface area contributed by atoms with Crippen LogP contribution in [0, 0.1) is 13.8 Å². The maximum absolute atomic E-state index is 14.3. The van der Waals surface area contributed by atoms with E-state index in [1.165, 1.54) is 44.1 Å². The number of benzene rings is 3. The minimum Gasteiger partial charge on any atom is -0.335 e. The molecule has 48 heavy (non-hydrogen) atoms. The zero-order valence-corrected chi connectivity index (χ0v) is 27.6. The summed E-state index contributed by atoms with van der Waals surface area (Å²) in [5.74, 6) is -2.73. The molecule has 0 spiro atoms. The molecule has 1 amide bonds. The minimum atomic E-state index is -5.29. The molecule has 13 heteroatoms. The zero-order valence-electron chi connectivity index (χ0n) is 26.7. The van der Waals surface area contributed by atoms with Gasteiger partial charge in [0.05, 0.1) is 10.4 Å². The Morgan fingerprint density at radius 3 is 2.04 bits per heavy atom. The van der Waals surface area contributed by atoms with E-state index in [0.717, 1.165) is 12.8 Å². The van der Waals surface area contributed by atoms with Gasteiger partial charge in [0.2, 0.25) is 10.0 Å².